The summed E-state index contributed by atoms with van der Waals surface area (Å²) in [5, 5.41) is 2.85. The van der Waals surface area contributed by atoms with Crippen LogP contribution in [0.3, 0.4) is 0 Å². The van der Waals surface area contributed by atoms with Gasteiger partial charge in [-0.1, -0.05) is 0 Å². The minimum Gasteiger partial charge on any atom is -0.355 e. The first-order valence-electron chi connectivity index (χ1n) is 4.49. The van der Waals surface area contributed by atoms with E-state index in [-0.39, 0.29) is 5.91 Å². The van der Waals surface area contributed by atoms with Gasteiger partial charge in [0.15, 0.2) is 0 Å². The third-order valence-corrected chi connectivity index (χ3v) is 1.92. The zero-order valence-electron chi connectivity index (χ0n) is 7.52. The Morgan fingerprint density at radius 1 is 1.58 bits per heavy atom. The highest BCUT2D eigenvalue weighted by Crippen LogP contribution is 2.31. The molecular formula is C10H15NO. The summed E-state index contributed by atoms with van der Waals surface area (Å²) in [6.45, 7) is 2.51. The quantitative estimate of drug-likeness (QED) is 0.494. The van der Waals surface area contributed by atoms with Gasteiger partial charge >= 0.3 is 0 Å². The van der Waals surface area contributed by atoms with Gasteiger partial charge in [0.1, 0.15) is 0 Å². The molecule has 1 rings (SSSR count). The van der Waals surface area contributed by atoms with Crippen LogP contribution < -0.4 is 5.32 Å². The Bertz CT molecular complexity index is 208. The molecule has 1 saturated carbocycles. The van der Waals surface area contributed by atoms with E-state index in [4.69, 9.17) is 0 Å². The molecule has 0 unspecified atom stereocenters. The molecule has 1 amide bonds. The van der Waals surface area contributed by atoms with E-state index in [1.807, 2.05) is 6.92 Å². The van der Waals surface area contributed by atoms with Crippen molar-refractivity contribution in [3.8, 4) is 11.8 Å². The molecule has 1 aliphatic carbocycles. The first-order chi connectivity index (χ1) is 5.83. The van der Waals surface area contributed by atoms with Crippen molar-refractivity contribution in [2.75, 3.05) is 6.54 Å². The van der Waals surface area contributed by atoms with Crippen LogP contribution in [0.2, 0.25) is 0 Å². The van der Waals surface area contributed by atoms with E-state index < -0.39 is 0 Å². The molecule has 0 aromatic rings. The Balaban J connectivity index is 1.96. The highest BCUT2D eigenvalue weighted by atomic mass is 16.1. The summed E-state index contributed by atoms with van der Waals surface area (Å²) < 4.78 is 0. The van der Waals surface area contributed by atoms with Crippen LogP contribution in [0, 0.1) is 17.8 Å². The van der Waals surface area contributed by atoms with Crippen molar-refractivity contribution in [1.82, 2.24) is 5.32 Å². The Kier molecular flexibility index (Phi) is 3.66. The van der Waals surface area contributed by atoms with Crippen molar-refractivity contribution in [2.45, 2.75) is 32.6 Å². The lowest BCUT2D eigenvalue weighted by atomic mass is 10.3. The minimum atomic E-state index is 0.190. The molecule has 0 aromatic heterocycles. The van der Waals surface area contributed by atoms with E-state index in [0.29, 0.717) is 12.5 Å². The average Bonchev–Trinajstić information content (AvgIpc) is 2.82. The Morgan fingerprint density at radius 3 is 2.92 bits per heavy atom. The normalized spacial score (nSPS) is 14.8. The predicted molar refractivity (Wildman–Crippen MR) is 48.4 cm³/mol. The third-order valence-electron chi connectivity index (χ3n) is 1.92. The summed E-state index contributed by atoms with van der Waals surface area (Å²) in [6, 6.07) is 0. The number of nitrogens with one attached hydrogen (secondary N) is 1. The molecule has 0 heterocycles. The second kappa shape index (κ2) is 4.82. The maximum atomic E-state index is 11.1. The van der Waals surface area contributed by atoms with Crippen molar-refractivity contribution in [3.05, 3.63) is 0 Å². The number of carbonyl (C=O) groups excluding carboxylic acids is 1. The Hall–Kier alpha value is -0.970. The van der Waals surface area contributed by atoms with Crippen LogP contribution in [0.25, 0.3) is 0 Å². The summed E-state index contributed by atoms with van der Waals surface area (Å²) in [6.07, 6.45) is 3.97. The second-order valence-corrected chi connectivity index (χ2v) is 3.17. The molecule has 1 fully saturated rings. The van der Waals surface area contributed by atoms with Gasteiger partial charge < -0.3 is 5.32 Å². The highest BCUT2D eigenvalue weighted by molar-refractivity contribution is 5.76. The van der Waals surface area contributed by atoms with E-state index in [0.717, 1.165) is 12.8 Å². The highest BCUT2D eigenvalue weighted by Gasteiger charge is 2.23. The molecule has 66 valence electrons. The molecule has 0 aliphatic heterocycles. The van der Waals surface area contributed by atoms with Gasteiger partial charge in [-0.15, -0.1) is 11.8 Å². The van der Waals surface area contributed by atoms with Gasteiger partial charge in [-0.25, -0.2) is 0 Å². The average molecular weight is 165 g/mol. The molecule has 2 nitrogen and oxygen atoms in total. The molecule has 1 aliphatic rings. The van der Waals surface area contributed by atoms with Crippen molar-refractivity contribution in [3.63, 3.8) is 0 Å². The lowest BCUT2D eigenvalue weighted by molar-refractivity contribution is -0.121. The van der Waals surface area contributed by atoms with Gasteiger partial charge in [-0.05, 0) is 25.7 Å². The van der Waals surface area contributed by atoms with Gasteiger partial charge in [-0.2, -0.15) is 0 Å². The van der Waals surface area contributed by atoms with Crippen molar-refractivity contribution >= 4 is 5.91 Å². The molecule has 2 heteroatoms. The SMILES string of the molecule is CC#CCCNC(=O)CC1CC1. The molecule has 0 saturated heterocycles. The summed E-state index contributed by atoms with van der Waals surface area (Å²) in [7, 11) is 0. The predicted octanol–water partition coefficient (Wildman–Crippen LogP) is 1.32. The summed E-state index contributed by atoms with van der Waals surface area (Å²) in [5.74, 6) is 6.57. The molecular weight excluding hydrogens is 150 g/mol. The number of carbonyl (C=O) groups is 1. The standard InChI is InChI=1S/C10H15NO/c1-2-3-4-7-11-10(12)8-9-5-6-9/h9H,4-8H2,1H3,(H,11,12). The Labute approximate surface area is 73.7 Å². The van der Waals surface area contributed by atoms with Crippen LogP contribution in [0.5, 0.6) is 0 Å². The first-order valence-corrected chi connectivity index (χ1v) is 4.49. The lowest BCUT2D eigenvalue weighted by Crippen LogP contribution is -2.24. The van der Waals surface area contributed by atoms with E-state index in [1.165, 1.54) is 12.8 Å². The molecule has 0 aromatic carbocycles. The minimum absolute atomic E-state index is 0.190. The van der Waals surface area contributed by atoms with Crippen LogP contribution in [-0.2, 0) is 4.79 Å². The van der Waals surface area contributed by atoms with Crippen LogP contribution >= 0.6 is 0 Å². The van der Waals surface area contributed by atoms with E-state index in [2.05, 4.69) is 17.2 Å². The van der Waals surface area contributed by atoms with Gasteiger partial charge in [0.25, 0.3) is 0 Å². The Morgan fingerprint density at radius 2 is 2.33 bits per heavy atom. The van der Waals surface area contributed by atoms with E-state index in [9.17, 15) is 4.79 Å². The van der Waals surface area contributed by atoms with Crippen LogP contribution in [0.4, 0.5) is 0 Å². The number of hydrogen-bond donors (Lipinski definition) is 1. The first kappa shape index (κ1) is 9.12. The molecule has 0 atom stereocenters. The molecule has 0 spiro atoms. The van der Waals surface area contributed by atoms with Gasteiger partial charge in [0.2, 0.25) is 5.91 Å². The maximum Gasteiger partial charge on any atom is 0.220 e. The zero-order valence-corrected chi connectivity index (χ0v) is 7.52. The summed E-state index contributed by atoms with van der Waals surface area (Å²) in [4.78, 5) is 11.1. The summed E-state index contributed by atoms with van der Waals surface area (Å²) >= 11 is 0. The van der Waals surface area contributed by atoms with Crippen molar-refractivity contribution < 1.29 is 4.79 Å². The van der Waals surface area contributed by atoms with E-state index in [1.54, 1.807) is 0 Å². The number of amides is 1. The maximum absolute atomic E-state index is 11.1. The smallest absolute Gasteiger partial charge is 0.220 e. The third kappa shape index (κ3) is 4.02. The number of hydrogen-bond acceptors (Lipinski definition) is 1. The van der Waals surface area contributed by atoms with Gasteiger partial charge in [-0.3, -0.25) is 4.79 Å². The fraction of sp³-hybridized carbons (Fsp3) is 0.700. The fourth-order valence-corrected chi connectivity index (χ4v) is 1.05. The molecule has 0 bridgehead atoms. The molecule has 0 radical (unpaired) electrons. The molecule has 1 N–H and O–H groups in total. The van der Waals surface area contributed by atoms with Crippen molar-refractivity contribution in [1.29, 1.82) is 0 Å². The van der Waals surface area contributed by atoms with Gasteiger partial charge in [0, 0.05) is 19.4 Å². The molecule has 12 heavy (non-hydrogen) atoms. The largest absolute Gasteiger partial charge is 0.355 e. The van der Waals surface area contributed by atoms with Crippen LogP contribution in [-0.4, -0.2) is 12.5 Å². The lowest BCUT2D eigenvalue weighted by Gasteiger charge is -2.00. The van der Waals surface area contributed by atoms with Crippen LogP contribution in [0.1, 0.15) is 32.6 Å². The van der Waals surface area contributed by atoms with E-state index >= 15 is 0 Å². The second-order valence-electron chi connectivity index (χ2n) is 3.17. The van der Waals surface area contributed by atoms with Crippen molar-refractivity contribution in [2.24, 2.45) is 5.92 Å². The number of rotatable bonds is 4. The van der Waals surface area contributed by atoms with Gasteiger partial charge in [0.05, 0.1) is 0 Å². The van der Waals surface area contributed by atoms with Crippen LogP contribution in [0.15, 0.2) is 0 Å². The zero-order chi connectivity index (χ0) is 8.81. The monoisotopic (exact) mass is 165 g/mol. The fourth-order valence-electron chi connectivity index (χ4n) is 1.05. The summed E-state index contributed by atoms with van der Waals surface area (Å²) in [5.41, 5.74) is 0. The topological polar surface area (TPSA) is 29.1 Å².